The van der Waals surface area contributed by atoms with Gasteiger partial charge >= 0.3 is 0 Å². The van der Waals surface area contributed by atoms with Gasteiger partial charge in [-0.25, -0.2) is 13.4 Å². The number of carbonyl (C=O) groups excluding carboxylic acids is 1. The molecule has 0 unspecified atom stereocenters. The third-order valence-corrected chi connectivity index (χ3v) is 8.02. The number of nitrogens with one attached hydrogen (secondary N) is 2. The van der Waals surface area contributed by atoms with Gasteiger partial charge in [0, 0.05) is 10.9 Å². The second kappa shape index (κ2) is 6.28. The van der Waals surface area contributed by atoms with E-state index in [9.17, 15) is 13.2 Å². The van der Waals surface area contributed by atoms with Crippen LogP contribution in [0, 0.1) is 0 Å². The molecule has 28 heavy (non-hydrogen) atoms. The molecule has 144 valence electrons. The summed E-state index contributed by atoms with van der Waals surface area (Å²) >= 11 is 1.26. The van der Waals surface area contributed by atoms with Crippen LogP contribution in [0.3, 0.4) is 0 Å². The third kappa shape index (κ3) is 3.27. The van der Waals surface area contributed by atoms with Crippen LogP contribution in [0.25, 0.3) is 10.8 Å². The fourth-order valence-electron chi connectivity index (χ4n) is 3.31. The summed E-state index contributed by atoms with van der Waals surface area (Å²) in [5.41, 5.74) is 0.831. The first-order chi connectivity index (χ1) is 13.5. The second-order valence-electron chi connectivity index (χ2n) is 7.48. The molecule has 0 spiro atoms. The summed E-state index contributed by atoms with van der Waals surface area (Å²) in [6.45, 7) is 0. The Kier molecular flexibility index (Phi) is 3.96. The normalized spacial score (nSPS) is 18.0. The fourth-order valence-corrected chi connectivity index (χ4v) is 5.72. The molecule has 2 N–H and O–H groups in total. The van der Waals surface area contributed by atoms with E-state index in [2.05, 4.69) is 15.0 Å². The number of rotatable bonds is 6. The molecule has 0 bridgehead atoms. The lowest BCUT2D eigenvalue weighted by atomic mass is 10.1. The molecule has 0 atom stereocenters. The van der Waals surface area contributed by atoms with Gasteiger partial charge in [0.2, 0.25) is 10.0 Å². The first kappa shape index (κ1) is 17.6. The first-order valence-electron chi connectivity index (χ1n) is 9.24. The van der Waals surface area contributed by atoms with E-state index < -0.39 is 15.6 Å². The van der Waals surface area contributed by atoms with Gasteiger partial charge in [0.25, 0.3) is 5.91 Å². The topological polar surface area (TPSA) is 88.2 Å². The van der Waals surface area contributed by atoms with E-state index in [1.807, 2.05) is 47.8 Å². The molecule has 2 aliphatic carbocycles. The molecular formula is C20H19N3O3S2. The van der Waals surface area contributed by atoms with Gasteiger partial charge in [0.1, 0.15) is 0 Å². The number of carbonyl (C=O) groups is 1. The van der Waals surface area contributed by atoms with Gasteiger partial charge in [-0.3, -0.25) is 9.52 Å². The number of benzene rings is 2. The molecule has 5 rings (SSSR count). The number of sulfonamides is 1. The number of hydrogen-bond acceptors (Lipinski definition) is 5. The molecule has 3 aromatic rings. The smallest absolute Gasteiger partial charge is 0.252 e. The van der Waals surface area contributed by atoms with Crippen molar-refractivity contribution in [2.75, 3.05) is 4.72 Å². The number of hydrogen-bond donors (Lipinski definition) is 2. The van der Waals surface area contributed by atoms with Crippen molar-refractivity contribution in [2.24, 2.45) is 0 Å². The second-order valence-corrected chi connectivity index (χ2v) is 10.3. The zero-order chi connectivity index (χ0) is 19.4. The Morgan fingerprint density at radius 2 is 1.86 bits per heavy atom. The lowest BCUT2D eigenvalue weighted by molar-refractivity contribution is 0.0930. The molecule has 1 aromatic heterocycles. The van der Waals surface area contributed by atoms with Crippen molar-refractivity contribution in [2.45, 2.75) is 36.5 Å². The molecule has 0 radical (unpaired) electrons. The predicted octanol–water partition coefficient (Wildman–Crippen LogP) is 3.62. The molecule has 6 nitrogen and oxygen atoms in total. The maximum Gasteiger partial charge on any atom is 0.252 e. The SMILES string of the molecule is O=C(NC1(c2csc(NS(=O)(=O)C3CC3)n2)CC1)c1ccc2ccccc2c1. The largest absolute Gasteiger partial charge is 0.341 e. The summed E-state index contributed by atoms with van der Waals surface area (Å²) in [4.78, 5) is 17.3. The summed E-state index contributed by atoms with van der Waals surface area (Å²) in [6, 6.07) is 13.6. The van der Waals surface area contributed by atoms with Crippen LogP contribution in [-0.4, -0.2) is 24.6 Å². The van der Waals surface area contributed by atoms with E-state index in [1.165, 1.54) is 11.3 Å². The average molecular weight is 414 g/mol. The van der Waals surface area contributed by atoms with Gasteiger partial charge in [0.05, 0.1) is 16.5 Å². The fraction of sp³-hybridized carbons (Fsp3) is 0.300. The van der Waals surface area contributed by atoms with Crippen LogP contribution in [0.1, 0.15) is 41.7 Å². The lowest BCUT2D eigenvalue weighted by Crippen LogP contribution is -2.35. The highest BCUT2D eigenvalue weighted by atomic mass is 32.2. The number of nitrogens with zero attached hydrogens (tertiary/aromatic N) is 1. The maximum absolute atomic E-state index is 12.8. The van der Waals surface area contributed by atoms with E-state index in [0.717, 1.165) is 29.3 Å². The van der Waals surface area contributed by atoms with Gasteiger partial charge in [-0.2, -0.15) is 0 Å². The molecule has 0 saturated heterocycles. The Morgan fingerprint density at radius 1 is 1.11 bits per heavy atom. The number of anilines is 1. The molecule has 2 saturated carbocycles. The van der Waals surface area contributed by atoms with Crippen LogP contribution in [0.4, 0.5) is 5.13 Å². The van der Waals surface area contributed by atoms with Gasteiger partial charge in [-0.1, -0.05) is 30.3 Å². The van der Waals surface area contributed by atoms with Crippen molar-refractivity contribution < 1.29 is 13.2 Å². The molecule has 8 heteroatoms. The summed E-state index contributed by atoms with van der Waals surface area (Å²) in [5, 5.41) is 7.12. The molecule has 1 amide bonds. The lowest BCUT2D eigenvalue weighted by Gasteiger charge is -2.15. The molecule has 0 aliphatic heterocycles. The zero-order valence-electron chi connectivity index (χ0n) is 15.0. The van der Waals surface area contributed by atoms with Crippen LogP contribution < -0.4 is 10.0 Å². The molecule has 2 aliphatic rings. The molecular weight excluding hydrogens is 394 g/mol. The van der Waals surface area contributed by atoms with Gasteiger partial charge < -0.3 is 5.32 Å². The first-order valence-corrected chi connectivity index (χ1v) is 11.7. The zero-order valence-corrected chi connectivity index (χ0v) is 16.6. The quantitative estimate of drug-likeness (QED) is 0.646. The van der Waals surface area contributed by atoms with Gasteiger partial charge in [-0.05, 0) is 48.6 Å². The van der Waals surface area contributed by atoms with Crippen LogP contribution in [0.15, 0.2) is 47.8 Å². The Balaban J connectivity index is 1.34. The highest BCUT2D eigenvalue weighted by Crippen LogP contribution is 2.46. The van der Waals surface area contributed by atoms with Crippen molar-refractivity contribution in [3.63, 3.8) is 0 Å². The van der Waals surface area contributed by atoms with Crippen molar-refractivity contribution in [1.82, 2.24) is 10.3 Å². The third-order valence-electron chi connectivity index (χ3n) is 5.30. The average Bonchev–Trinajstić information content (AvgIpc) is 3.61. The summed E-state index contributed by atoms with van der Waals surface area (Å²) < 4.78 is 26.8. The van der Waals surface area contributed by atoms with E-state index in [1.54, 1.807) is 0 Å². The number of aromatic nitrogens is 1. The number of amides is 1. The standard InChI is InChI=1S/C20H19N3O3S2/c24-18(15-6-5-13-3-1-2-4-14(13)11-15)22-20(9-10-20)17-12-27-19(21-17)23-28(25,26)16-7-8-16/h1-6,11-12,16H,7-10H2,(H,21,23)(H,22,24). The van der Waals surface area contributed by atoms with Gasteiger partial charge in [0.15, 0.2) is 5.13 Å². The van der Waals surface area contributed by atoms with E-state index in [4.69, 9.17) is 0 Å². The number of thiazole rings is 1. The molecule has 1 heterocycles. The monoisotopic (exact) mass is 413 g/mol. The number of fused-ring (bicyclic) bond motifs is 1. The Labute approximate surface area is 167 Å². The highest BCUT2D eigenvalue weighted by molar-refractivity contribution is 7.93. The van der Waals surface area contributed by atoms with Crippen LogP contribution >= 0.6 is 11.3 Å². The summed E-state index contributed by atoms with van der Waals surface area (Å²) in [5.74, 6) is -0.142. The Hall–Kier alpha value is -2.45. The van der Waals surface area contributed by atoms with Crippen molar-refractivity contribution >= 4 is 43.2 Å². The Bertz CT molecular complexity index is 1180. The minimum atomic E-state index is -3.33. The van der Waals surface area contributed by atoms with E-state index in [-0.39, 0.29) is 11.2 Å². The highest BCUT2D eigenvalue weighted by Gasteiger charge is 2.48. The van der Waals surface area contributed by atoms with E-state index >= 15 is 0 Å². The predicted molar refractivity (Wildman–Crippen MR) is 110 cm³/mol. The van der Waals surface area contributed by atoms with Gasteiger partial charge in [-0.15, -0.1) is 11.3 Å². The van der Waals surface area contributed by atoms with Crippen LogP contribution in [-0.2, 0) is 15.6 Å². The van der Waals surface area contributed by atoms with Crippen LogP contribution in [0.5, 0.6) is 0 Å². The summed E-state index contributed by atoms with van der Waals surface area (Å²) in [7, 11) is -3.33. The summed E-state index contributed by atoms with van der Waals surface area (Å²) in [6.07, 6.45) is 3.01. The van der Waals surface area contributed by atoms with Crippen molar-refractivity contribution in [3.8, 4) is 0 Å². The van der Waals surface area contributed by atoms with E-state index in [0.29, 0.717) is 23.5 Å². The van der Waals surface area contributed by atoms with Crippen molar-refractivity contribution in [1.29, 1.82) is 0 Å². The Morgan fingerprint density at radius 3 is 2.57 bits per heavy atom. The minimum Gasteiger partial charge on any atom is -0.341 e. The molecule has 2 fully saturated rings. The van der Waals surface area contributed by atoms with Crippen LogP contribution in [0.2, 0.25) is 0 Å². The maximum atomic E-state index is 12.8. The minimum absolute atomic E-state index is 0.142. The molecule has 2 aromatic carbocycles. The van der Waals surface area contributed by atoms with Crippen molar-refractivity contribution in [3.05, 3.63) is 59.1 Å².